The zero-order valence-electron chi connectivity index (χ0n) is 21.7. The van der Waals surface area contributed by atoms with E-state index in [1.807, 2.05) is 24.3 Å². The number of nitrogens with zero attached hydrogens (tertiary/aromatic N) is 1. The Balaban J connectivity index is 1.59. The minimum Gasteiger partial charge on any atom is -0.478 e. The van der Waals surface area contributed by atoms with Gasteiger partial charge in [-0.15, -0.1) is 0 Å². The van der Waals surface area contributed by atoms with Crippen molar-refractivity contribution in [2.24, 2.45) is 0 Å². The van der Waals surface area contributed by atoms with Gasteiger partial charge in [-0.05, 0) is 101 Å². The molecule has 0 aromatic heterocycles. The van der Waals surface area contributed by atoms with Crippen LogP contribution in [0, 0.1) is 5.82 Å². The summed E-state index contributed by atoms with van der Waals surface area (Å²) in [6.45, 7) is 1.97. The van der Waals surface area contributed by atoms with Gasteiger partial charge >= 0.3 is 12.1 Å². The molecular formula is C32H28F5NO2. The van der Waals surface area contributed by atoms with Gasteiger partial charge in [0.05, 0.1) is 17.8 Å². The zero-order valence-corrected chi connectivity index (χ0v) is 21.7. The summed E-state index contributed by atoms with van der Waals surface area (Å²) in [6, 6.07) is 15.0. The van der Waals surface area contributed by atoms with E-state index in [4.69, 9.17) is 0 Å². The summed E-state index contributed by atoms with van der Waals surface area (Å²) in [4.78, 5) is 13.8. The second kappa shape index (κ2) is 11.4. The van der Waals surface area contributed by atoms with Gasteiger partial charge in [0.2, 0.25) is 0 Å². The number of allylic oxidation sites excluding steroid dienone is 1. The first kappa shape index (κ1) is 27.8. The predicted octanol–water partition coefficient (Wildman–Crippen LogP) is 7.90. The van der Waals surface area contributed by atoms with E-state index in [2.05, 4.69) is 11.0 Å². The van der Waals surface area contributed by atoms with Gasteiger partial charge in [-0.3, -0.25) is 9.29 Å². The van der Waals surface area contributed by atoms with E-state index in [-0.39, 0.29) is 17.8 Å². The Morgan fingerprint density at radius 3 is 2.38 bits per heavy atom. The standard InChI is InChI=1S/C32H28F5NO2/c33-11-2-12-38-18-21(19-38)13-20-5-7-22(8-6-20)30-28(25-15-26(32(35,36)37)17-27(34)16-25)4-1-3-23-14-24(31(39)40)9-10-29(23)30/h5-10,13-17H,1-4,11-12,18-19H2,(H,39,40). The number of carboxylic acid groups (broad SMARTS) is 1. The van der Waals surface area contributed by atoms with Crippen LogP contribution in [0.25, 0.3) is 17.2 Å². The fourth-order valence-electron chi connectivity index (χ4n) is 5.51. The second-order valence-electron chi connectivity index (χ2n) is 10.3. The van der Waals surface area contributed by atoms with Crippen molar-refractivity contribution in [1.29, 1.82) is 0 Å². The molecule has 1 saturated heterocycles. The van der Waals surface area contributed by atoms with Crippen molar-refractivity contribution in [3.63, 3.8) is 0 Å². The molecule has 2 aliphatic rings. The van der Waals surface area contributed by atoms with Gasteiger partial charge in [0.1, 0.15) is 5.82 Å². The maximum atomic E-state index is 14.5. The SMILES string of the molecule is O=C(O)c1ccc2c(c1)CCCC(c1cc(F)cc(C(F)(F)F)c1)=C2c1ccc(C=C2CN(CCCF)C2)cc1. The van der Waals surface area contributed by atoms with Crippen molar-refractivity contribution >= 4 is 23.2 Å². The molecule has 0 radical (unpaired) electrons. The second-order valence-corrected chi connectivity index (χ2v) is 10.3. The van der Waals surface area contributed by atoms with E-state index in [1.165, 1.54) is 11.6 Å². The summed E-state index contributed by atoms with van der Waals surface area (Å²) < 4.78 is 67.6. The highest BCUT2D eigenvalue weighted by Crippen LogP contribution is 2.42. The van der Waals surface area contributed by atoms with Crippen LogP contribution in [-0.4, -0.2) is 42.3 Å². The smallest absolute Gasteiger partial charge is 0.416 e. The molecular weight excluding hydrogens is 525 g/mol. The van der Waals surface area contributed by atoms with Crippen LogP contribution in [0.3, 0.4) is 0 Å². The van der Waals surface area contributed by atoms with E-state index in [0.29, 0.717) is 42.9 Å². The maximum absolute atomic E-state index is 14.5. The predicted molar refractivity (Wildman–Crippen MR) is 145 cm³/mol. The fraction of sp³-hybridized carbons (Fsp3) is 0.281. The van der Waals surface area contributed by atoms with Crippen LogP contribution in [0.5, 0.6) is 0 Å². The van der Waals surface area contributed by atoms with Gasteiger partial charge in [-0.25, -0.2) is 9.18 Å². The molecule has 1 heterocycles. The van der Waals surface area contributed by atoms with E-state index in [1.54, 1.807) is 12.1 Å². The lowest BCUT2D eigenvalue weighted by Crippen LogP contribution is -2.40. The van der Waals surface area contributed by atoms with Crippen LogP contribution < -0.4 is 0 Å². The number of aromatic carboxylic acids is 1. The van der Waals surface area contributed by atoms with Gasteiger partial charge in [0.15, 0.2) is 0 Å². The van der Waals surface area contributed by atoms with Crippen LogP contribution in [0.15, 0.2) is 66.2 Å². The van der Waals surface area contributed by atoms with E-state index < -0.39 is 23.5 Å². The number of fused-ring (bicyclic) bond motifs is 1. The highest BCUT2D eigenvalue weighted by atomic mass is 19.4. The molecule has 3 aromatic carbocycles. The minimum atomic E-state index is -4.70. The molecule has 0 bridgehead atoms. The summed E-state index contributed by atoms with van der Waals surface area (Å²) in [5.41, 5.74) is 4.95. The third-order valence-electron chi connectivity index (χ3n) is 7.40. The summed E-state index contributed by atoms with van der Waals surface area (Å²) in [5.74, 6) is -2.03. The van der Waals surface area contributed by atoms with Crippen molar-refractivity contribution < 1.29 is 31.9 Å². The molecule has 1 aliphatic carbocycles. The Bertz CT molecular complexity index is 1480. The lowest BCUT2D eigenvalue weighted by molar-refractivity contribution is -0.137. The number of carboxylic acids is 1. The molecule has 8 heteroatoms. The molecule has 1 aliphatic heterocycles. The average molecular weight is 554 g/mol. The molecule has 3 aromatic rings. The number of likely N-dealkylation sites (tertiary alicyclic amines) is 1. The molecule has 0 saturated carbocycles. The van der Waals surface area contributed by atoms with Crippen LogP contribution in [-0.2, 0) is 12.6 Å². The number of hydrogen-bond donors (Lipinski definition) is 1. The molecule has 0 unspecified atom stereocenters. The number of hydrogen-bond acceptors (Lipinski definition) is 2. The quantitative estimate of drug-likeness (QED) is 0.303. The van der Waals surface area contributed by atoms with E-state index in [9.17, 15) is 31.9 Å². The Morgan fingerprint density at radius 2 is 1.70 bits per heavy atom. The number of halogens is 5. The first-order valence-corrected chi connectivity index (χ1v) is 13.2. The van der Waals surface area contributed by atoms with Crippen molar-refractivity contribution in [1.82, 2.24) is 4.90 Å². The first-order valence-electron chi connectivity index (χ1n) is 13.2. The maximum Gasteiger partial charge on any atom is 0.416 e. The Morgan fingerprint density at radius 1 is 0.950 bits per heavy atom. The molecule has 1 N–H and O–H groups in total. The summed E-state index contributed by atoms with van der Waals surface area (Å²) in [6.07, 6.45) is -0.607. The van der Waals surface area contributed by atoms with Crippen molar-refractivity contribution in [2.45, 2.75) is 31.9 Å². The highest BCUT2D eigenvalue weighted by molar-refractivity contribution is 6.00. The lowest BCUT2D eigenvalue weighted by atomic mass is 9.86. The lowest BCUT2D eigenvalue weighted by Gasteiger charge is -2.33. The van der Waals surface area contributed by atoms with Gasteiger partial charge in [-0.1, -0.05) is 36.4 Å². The first-order chi connectivity index (χ1) is 19.1. The molecule has 208 valence electrons. The van der Waals surface area contributed by atoms with Gasteiger partial charge in [0, 0.05) is 19.6 Å². The van der Waals surface area contributed by atoms with Crippen LogP contribution in [0.1, 0.15) is 63.0 Å². The molecule has 0 spiro atoms. The number of carbonyl (C=O) groups is 1. The van der Waals surface area contributed by atoms with Crippen molar-refractivity contribution in [3.8, 4) is 0 Å². The molecule has 40 heavy (non-hydrogen) atoms. The highest BCUT2D eigenvalue weighted by Gasteiger charge is 2.32. The van der Waals surface area contributed by atoms with Crippen molar-refractivity contribution in [2.75, 3.05) is 26.3 Å². The summed E-state index contributed by atoms with van der Waals surface area (Å²) in [7, 11) is 0. The third kappa shape index (κ3) is 6.02. The molecule has 0 amide bonds. The number of alkyl halides is 4. The van der Waals surface area contributed by atoms with Crippen molar-refractivity contribution in [3.05, 3.63) is 111 Å². The summed E-state index contributed by atoms with van der Waals surface area (Å²) in [5, 5.41) is 9.51. The monoisotopic (exact) mass is 553 g/mol. The normalized spacial score (nSPS) is 15.9. The van der Waals surface area contributed by atoms with Crippen LogP contribution in [0.4, 0.5) is 22.0 Å². The summed E-state index contributed by atoms with van der Waals surface area (Å²) >= 11 is 0. The minimum absolute atomic E-state index is 0.134. The molecule has 3 nitrogen and oxygen atoms in total. The topological polar surface area (TPSA) is 40.5 Å². The largest absolute Gasteiger partial charge is 0.478 e. The van der Waals surface area contributed by atoms with E-state index in [0.717, 1.165) is 54.0 Å². The number of rotatable bonds is 7. The van der Waals surface area contributed by atoms with Gasteiger partial charge in [-0.2, -0.15) is 13.2 Å². The van der Waals surface area contributed by atoms with E-state index >= 15 is 0 Å². The third-order valence-corrected chi connectivity index (χ3v) is 7.40. The Kier molecular flexibility index (Phi) is 7.90. The van der Waals surface area contributed by atoms with Crippen LogP contribution in [0.2, 0.25) is 0 Å². The Labute approximate surface area is 229 Å². The average Bonchev–Trinajstić information content (AvgIpc) is 3.08. The zero-order chi connectivity index (χ0) is 28.4. The number of aryl methyl sites for hydroxylation is 1. The number of benzene rings is 3. The molecule has 0 atom stereocenters. The molecule has 5 rings (SSSR count). The van der Waals surface area contributed by atoms with Gasteiger partial charge in [0.25, 0.3) is 0 Å². The molecule has 1 fully saturated rings. The van der Waals surface area contributed by atoms with Gasteiger partial charge < -0.3 is 5.11 Å². The Hall–Kier alpha value is -3.78. The fourth-order valence-corrected chi connectivity index (χ4v) is 5.51. The van der Waals surface area contributed by atoms with Crippen LogP contribution >= 0.6 is 0 Å².